The average Bonchev–Trinajstić information content (AvgIpc) is 2.10. The minimum Gasteiger partial charge on any atom is -0.481 e. The summed E-state index contributed by atoms with van der Waals surface area (Å²) in [5.41, 5.74) is 4.24. The van der Waals surface area contributed by atoms with E-state index >= 15 is 0 Å². The van der Waals surface area contributed by atoms with Crippen molar-refractivity contribution in [2.75, 3.05) is 0 Å². The molecule has 0 aliphatic heterocycles. The minimum atomic E-state index is -0.775. The summed E-state index contributed by atoms with van der Waals surface area (Å²) in [6, 6.07) is 4.06. The Morgan fingerprint density at radius 3 is 2.21 bits per heavy atom. The summed E-state index contributed by atoms with van der Waals surface area (Å²) in [6.45, 7) is 3.91. The van der Waals surface area contributed by atoms with Gasteiger partial charge in [0.15, 0.2) is 0 Å². The van der Waals surface area contributed by atoms with Gasteiger partial charge in [0.2, 0.25) is 0 Å². The van der Waals surface area contributed by atoms with E-state index in [4.69, 9.17) is 5.11 Å². The van der Waals surface area contributed by atoms with Crippen molar-refractivity contribution in [3.05, 3.63) is 34.4 Å². The van der Waals surface area contributed by atoms with E-state index in [1.165, 1.54) is 5.56 Å². The number of halogens is 1. The van der Waals surface area contributed by atoms with Gasteiger partial charge in [-0.2, -0.15) is 0 Å². The van der Waals surface area contributed by atoms with Crippen molar-refractivity contribution in [2.24, 2.45) is 0 Å². The molecule has 0 bridgehead atoms. The molecule has 1 rings (SSSR count). The van der Waals surface area contributed by atoms with Gasteiger partial charge in [-0.3, -0.25) is 4.79 Å². The van der Waals surface area contributed by atoms with E-state index in [-0.39, 0.29) is 6.42 Å². The summed E-state index contributed by atoms with van der Waals surface area (Å²) in [5, 5.41) is 9.54. The highest BCUT2D eigenvalue weighted by Gasteiger charge is 2.08. The van der Waals surface area contributed by atoms with Crippen LogP contribution in [0.5, 0.6) is 0 Å². The predicted molar refractivity (Wildman–Crippen MR) is 59.9 cm³/mol. The van der Waals surface area contributed by atoms with Crippen LogP contribution in [0.1, 0.15) is 22.3 Å². The molecule has 0 amide bonds. The van der Waals surface area contributed by atoms with Crippen molar-refractivity contribution in [2.45, 2.75) is 25.6 Å². The van der Waals surface area contributed by atoms with E-state index in [9.17, 15) is 4.79 Å². The maximum absolute atomic E-state index is 10.6. The Bertz CT molecular complexity index is 335. The van der Waals surface area contributed by atoms with E-state index in [0.717, 1.165) is 22.0 Å². The van der Waals surface area contributed by atoms with Gasteiger partial charge in [0.1, 0.15) is 0 Å². The number of rotatable bonds is 3. The standard InChI is InChI=1S/C11H13BrO2/c1-7-3-9(6-12)4-8(2)10(7)5-11(13)14/h3-4H,5-6H2,1-2H3,(H,13,14). The van der Waals surface area contributed by atoms with Gasteiger partial charge in [-0.25, -0.2) is 0 Å². The van der Waals surface area contributed by atoms with Gasteiger partial charge in [-0.05, 0) is 36.1 Å². The second-order valence-corrected chi connectivity index (χ2v) is 3.97. The molecule has 2 nitrogen and oxygen atoms in total. The van der Waals surface area contributed by atoms with Gasteiger partial charge in [-0.15, -0.1) is 0 Å². The maximum atomic E-state index is 10.6. The number of carboxylic acid groups (broad SMARTS) is 1. The first-order valence-electron chi connectivity index (χ1n) is 4.41. The van der Waals surface area contributed by atoms with Gasteiger partial charge >= 0.3 is 5.97 Å². The van der Waals surface area contributed by atoms with Crippen LogP contribution < -0.4 is 0 Å². The lowest BCUT2D eigenvalue weighted by molar-refractivity contribution is -0.136. The molecule has 1 aromatic carbocycles. The Kier molecular flexibility index (Phi) is 3.69. The molecule has 0 aliphatic rings. The average molecular weight is 257 g/mol. The van der Waals surface area contributed by atoms with Gasteiger partial charge in [-0.1, -0.05) is 28.1 Å². The van der Waals surface area contributed by atoms with Gasteiger partial charge < -0.3 is 5.11 Å². The Balaban J connectivity index is 3.11. The molecular weight excluding hydrogens is 244 g/mol. The number of carbonyl (C=O) groups is 1. The minimum absolute atomic E-state index is 0.111. The molecule has 1 N–H and O–H groups in total. The van der Waals surface area contributed by atoms with Gasteiger partial charge in [0.05, 0.1) is 6.42 Å². The number of carboxylic acids is 1. The molecule has 14 heavy (non-hydrogen) atoms. The molecule has 76 valence electrons. The molecule has 0 saturated heterocycles. The molecule has 0 aliphatic carbocycles. The molecule has 0 spiro atoms. The highest BCUT2D eigenvalue weighted by atomic mass is 79.9. The Morgan fingerprint density at radius 1 is 1.36 bits per heavy atom. The van der Waals surface area contributed by atoms with E-state index < -0.39 is 5.97 Å². The van der Waals surface area contributed by atoms with Crippen molar-refractivity contribution in [1.82, 2.24) is 0 Å². The third-order valence-electron chi connectivity index (χ3n) is 2.24. The second kappa shape index (κ2) is 4.60. The zero-order valence-electron chi connectivity index (χ0n) is 8.30. The molecule has 1 aromatic rings. The smallest absolute Gasteiger partial charge is 0.307 e. The highest BCUT2D eigenvalue weighted by Crippen LogP contribution is 2.18. The number of hydrogen-bond donors (Lipinski definition) is 1. The zero-order chi connectivity index (χ0) is 10.7. The quantitative estimate of drug-likeness (QED) is 0.845. The van der Waals surface area contributed by atoms with Crippen LogP contribution in [-0.4, -0.2) is 11.1 Å². The van der Waals surface area contributed by atoms with Crippen LogP contribution in [0, 0.1) is 13.8 Å². The highest BCUT2D eigenvalue weighted by molar-refractivity contribution is 9.08. The number of hydrogen-bond acceptors (Lipinski definition) is 1. The van der Waals surface area contributed by atoms with Crippen molar-refractivity contribution < 1.29 is 9.90 Å². The van der Waals surface area contributed by atoms with Crippen molar-refractivity contribution in [1.29, 1.82) is 0 Å². The largest absolute Gasteiger partial charge is 0.481 e. The summed E-state index contributed by atoms with van der Waals surface area (Å²) in [6.07, 6.45) is 0.111. The summed E-state index contributed by atoms with van der Waals surface area (Å²) < 4.78 is 0. The molecule has 0 aromatic heterocycles. The molecule has 0 atom stereocenters. The number of aliphatic carboxylic acids is 1. The fourth-order valence-electron chi connectivity index (χ4n) is 1.59. The summed E-state index contributed by atoms with van der Waals surface area (Å²) in [5.74, 6) is -0.775. The fraction of sp³-hybridized carbons (Fsp3) is 0.364. The van der Waals surface area contributed by atoms with E-state index in [1.807, 2.05) is 26.0 Å². The predicted octanol–water partition coefficient (Wildman–Crippen LogP) is 2.83. The molecule has 0 radical (unpaired) electrons. The number of benzene rings is 1. The monoisotopic (exact) mass is 256 g/mol. The molecule has 0 heterocycles. The van der Waals surface area contributed by atoms with Crippen LogP contribution >= 0.6 is 15.9 Å². The summed E-state index contributed by atoms with van der Waals surface area (Å²) in [4.78, 5) is 10.6. The first kappa shape index (κ1) is 11.2. The lowest BCUT2D eigenvalue weighted by atomic mass is 9.97. The van der Waals surface area contributed by atoms with Crippen LogP contribution in [-0.2, 0) is 16.5 Å². The molecule has 0 saturated carbocycles. The summed E-state index contributed by atoms with van der Waals surface area (Å²) >= 11 is 3.38. The third kappa shape index (κ3) is 2.58. The molecule has 0 unspecified atom stereocenters. The van der Waals surface area contributed by atoms with Crippen LogP contribution in [0.2, 0.25) is 0 Å². The SMILES string of the molecule is Cc1cc(CBr)cc(C)c1CC(=O)O. The maximum Gasteiger partial charge on any atom is 0.307 e. The van der Waals surface area contributed by atoms with Crippen LogP contribution in [0.4, 0.5) is 0 Å². The van der Waals surface area contributed by atoms with Crippen molar-refractivity contribution in [3.63, 3.8) is 0 Å². The van der Waals surface area contributed by atoms with E-state index in [0.29, 0.717) is 0 Å². The van der Waals surface area contributed by atoms with Gasteiger partial charge in [0.25, 0.3) is 0 Å². The van der Waals surface area contributed by atoms with Crippen LogP contribution in [0.15, 0.2) is 12.1 Å². The lowest BCUT2D eigenvalue weighted by Gasteiger charge is -2.09. The first-order chi connectivity index (χ1) is 6.54. The van der Waals surface area contributed by atoms with Gasteiger partial charge in [0, 0.05) is 5.33 Å². The topological polar surface area (TPSA) is 37.3 Å². The first-order valence-corrected chi connectivity index (χ1v) is 5.53. The van der Waals surface area contributed by atoms with Crippen LogP contribution in [0.3, 0.4) is 0 Å². The lowest BCUT2D eigenvalue weighted by Crippen LogP contribution is -2.04. The summed E-state index contributed by atoms with van der Waals surface area (Å²) in [7, 11) is 0. The zero-order valence-corrected chi connectivity index (χ0v) is 9.89. The van der Waals surface area contributed by atoms with Crippen molar-refractivity contribution >= 4 is 21.9 Å². The third-order valence-corrected chi connectivity index (χ3v) is 2.89. The Hall–Kier alpha value is -0.830. The van der Waals surface area contributed by atoms with Crippen LogP contribution in [0.25, 0.3) is 0 Å². The molecular formula is C11H13BrO2. The Labute approximate surface area is 92.1 Å². The van der Waals surface area contributed by atoms with E-state index in [2.05, 4.69) is 15.9 Å². The van der Waals surface area contributed by atoms with Crippen molar-refractivity contribution in [3.8, 4) is 0 Å². The normalized spacial score (nSPS) is 10.2. The molecule has 0 fully saturated rings. The van der Waals surface area contributed by atoms with E-state index in [1.54, 1.807) is 0 Å². The number of alkyl halides is 1. The Morgan fingerprint density at radius 2 is 1.86 bits per heavy atom. The number of aryl methyl sites for hydroxylation is 2. The fourth-order valence-corrected chi connectivity index (χ4v) is 1.91. The second-order valence-electron chi connectivity index (χ2n) is 3.41. The molecule has 3 heteroatoms.